The summed E-state index contributed by atoms with van der Waals surface area (Å²) in [6, 6.07) is 14.1. The Morgan fingerprint density at radius 3 is 2.52 bits per heavy atom. The molecule has 220 valence electrons. The minimum Gasteiger partial charge on any atom is -0.480 e. The van der Waals surface area contributed by atoms with Gasteiger partial charge in [0.05, 0.1) is 36.0 Å². The molecule has 3 N–H and O–H groups in total. The van der Waals surface area contributed by atoms with E-state index in [-0.39, 0.29) is 0 Å². The summed E-state index contributed by atoms with van der Waals surface area (Å²) < 4.78 is 10.1. The monoisotopic (exact) mass is 565 g/mol. The molecule has 8 heteroatoms. The van der Waals surface area contributed by atoms with E-state index in [0.29, 0.717) is 42.3 Å². The molecule has 4 rings (SSSR count). The van der Waals surface area contributed by atoms with Crippen LogP contribution in [0.15, 0.2) is 79.2 Å². The first-order chi connectivity index (χ1) is 20.3. The van der Waals surface area contributed by atoms with Gasteiger partial charge in [-0.15, -0.1) is 6.42 Å². The van der Waals surface area contributed by atoms with Crippen molar-refractivity contribution in [1.29, 1.82) is 0 Å². The maximum Gasteiger partial charge on any atom is 0.179 e. The summed E-state index contributed by atoms with van der Waals surface area (Å²) >= 11 is 0. The molecule has 4 aromatic rings. The highest BCUT2D eigenvalue weighted by molar-refractivity contribution is 5.99. The number of nitrogens with two attached hydrogens (primary N) is 1. The predicted molar refractivity (Wildman–Crippen MR) is 174 cm³/mol. The number of aryl methyl sites for hydroxylation is 1. The second-order valence-electron chi connectivity index (χ2n) is 9.94. The Kier molecular flexibility index (Phi) is 11.6. The van der Waals surface area contributed by atoms with Crippen LogP contribution in [0.25, 0.3) is 16.7 Å². The summed E-state index contributed by atoms with van der Waals surface area (Å²) in [7, 11) is 0. The molecule has 0 unspecified atom stereocenters. The van der Waals surface area contributed by atoms with E-state index in [1.807, 2.05) is 57.4 Å². The molecule has 0 radical (unpaired) electrons. The number of fused-ring (bicyclic) bond motifs is 1. The molecule has 0 spiro atoms. The lowest BCUT2D eigenvalue weighted by Crippen LogP contribution is -2.16. The summed E-state index contributed by atoms with van der Waals surface area (Å²) in [6.45, 7) is 20.3. The normalized spacial score (nSPS) is 11.1. The summed E-state index contributed by atoms with van der Waals surface area (Å²) in [5.41, 5.74) is 13.4. The largest absolute Gasteiger partial charge is 0.480 e. The van der Waals surface area contributed by atoms with Gasteiger partial charge in [-0.25, -0.2) is 15.0 Å². The fourth-order valence-electron chi connectivity index (χ4n) is 4.37. The third-order valence-corrected chi connectivity index (χ3v) is 6.74. The molecular weight excluding hydrogens is 522 g/mol. The molecule has 42 heavy (non-hydrogen) atoms. The molecule has 0 saturated carbocycles. The highest BCUT2D eigenvalue weighted by Crippen LogP contribution is 2.19. The van der Waals surface area contributed by atoms with E-state index in [1.165, 1.54) is 0 Å². The molecule has 8 nitrogen and oxygen atoms in total. The predicted octanol–water partition coefficient (Wildman–Crippen LogP) is 6.56. The van der Waals surface area contributed by atoms with Crippen LogP contribution in [0.4, 0.5) is 0 Å². The van der Waals surface area contributed by atoms with Gasteiger partial charge in [0.2, 0.25) is 0 Å². The maximum atomic E-state index is 6.27. The SMILES string of the molecule is C#Cc1ccc(C(=C)N=C(N)c2ncn(CCCCOC(=C)NCc3ccc4ncn(C(C)C)c4c3)c2C)cc1.CC. The molecule has 2 aromatic heterocycles. The van der Waals surface area contributed by atoms with Gasteiger partial charge in [0.1, 0.15) is 5.69 Å². The number of aliphatic imine (C=N–C) groups is 1. The van der Waals surface area contributed by atoms with Crippen molar-refractivity contribution < 1.29 is 4.74 Å². The van der Waals surface area contributed by atoms with E-state index in [4.69, 9.17) is 16.9 Å². The fourth-order valence-corrected chi connectivity index (χ4v) is 4.37. The van der Waals surface area contributed by atoms with Gasteiger partial charge < -0.3 is 24.9 Å². The van der Waals surface area contributed by atoms with Gasteiger partial charge in [-0.1, -0.05) is 44.5 Å². The van der Waals surface area contributed by atoms with Gasteiger partial charge in [-0.05, 0) is 75.6 Å². The van der Waals surface area contributed by atoms with Crippen molar-refractivity contribution in [2.75, 3.05) is 6.61 Å². The van der Waals surface area contributed by atoms with E-state index in [1.54, 1.807) is 6.33 Å². The first-order valence-electron chi connectivity index (χ1n) is 14.4. The fraction of sp³-hybridized carbons (Fsp3) is 0.324. The van der Waals surface area contributed by atoms with Gasteiger partial charge in [0.25, 0.3) is 0 Å². The van der Waals surface area contributed by atoms with Crippen LogP contribution >= 0.6 is 0 Å². The van der Waals surface area contributed by atoms with Crippen LogP contribution in [0.1, 0.15) is 74.7 Å². The highest BCUT2D eigenvalue weighted by Gasteiger charge is 2.11. The van der Waals surface area contributed by atoms with Gasteiger partial charge in [0.15, 0.2) is 11.7 Å². The smallest absolute Gasteiger partial charge is 0.179 e. The molecule has 2 heterocycles. The van der Waals surface area contributed by atoms with Crippen LogP contribution in [0, 0.1) is 19.3 Å². The number of benzene rings is 2. The lowest BCUT2D eigenvalue weighted by molar-refractivity contribution is 0.184. The molecular formula is C34H43N7O. The van der Waals surface area contributed by atoms with Crippen LogP contribution in [0.3, 0.4) is 0 Å². The average molecular weight is 566 g/mol. The Labute approximate surface area is 250 Å². The number of imidazole rings is 2. The molecule has 0 fully saturated rings. The quantitative estimate of drug-likeness (QED) is 0.0629. The number of nitrogens with zero attached hydrogens (tertiary/aromatic N) is 5. The second kappa shape index (κ2) is 15.3. The number of amidine groups is 1. The number of terminal acetylenes is 1. The lowest BCUT2D eigenvalue weighted by Gasteiger charge is -2.13. The standard InChI is InChI=1S/C32H37N7O.C2H6/c1-7-26-10-13-28(14-11-26)23(4)37-32(33)31-24(5)38(20-36-31)16-8-9-17-40-25(6)34-19-27-12-15-29-30(18-27)39(21-35-29)22(2)3;1-2/h1,10-15,18,20-22,34H,4,6,8-9,16-17,19H2,2-3,5H3,(H2,33,37);1-2H3. The number of unbranched alkanes of at least 4 members (excludes halogenated alkanes) is 1. The Hall–Kier alpha value is -4.77. The molecule has 0 amide bonds. The minimum atomic E-state index is 0.334. The van der Waals surface area contributed by atoms with E-state index in [9.17, 15) is 0 Å². The number of nitrogens with one attached hydrogen (secondary N) is 1. The van der Waals surface area contributed by atoms with E-state index in [0.717, 1.165) is 52.8 Å². The van der Waals surface area contributed by atoms with E-state index in [2.05, 4.69) is 74.5 Å². The number of hydrogen-bond acceptors (Lipinski definition) is 5. The third kappa shape index (κ3) is 8.14. The van der Waals surface area contributed by atoms with E-state index < -0.39 is 0 Å². The zero-order valence-electron chi connectivity index (χ0n) is 25.5. The van der Waals surface area contributed by atoms with Crippen molar-refractivity contribution in [3.63, 3.8) is 0 Å². The van der Waals surface area contributed by atoms with Gasteiger partial charge in [-0.2, -0.15) is 0 Å². The minimum absolute atomic E-state index is 0.334. The highest BCUT2D eigenvalue weighted by atomic mass is 16.5. The Bertz CT molecular complexity index is 1570. The zero-order valence-corrected chi connectivity index (χ0v) is 25.5. The summed E-state index contributed by atoms with van der Waals surface area (Å²) in [4.78, 5) is 13.4. The topological polar surface area (TPSA) is 95.3 Å². The van der Waals surface area contributed by atoms with Crippen LogP contribution in [-0.2, 0) is 17.8 Å². The molecule has 2 aromatic carbocycles. The molecule has 0 aliphatic heterocycles. The van der Waals surface area contributed by atoms with Crippen molar-refractivity contribution in [2.45, 2.75) is 66.6 Å². The van der Waals surface area contributed by atoms with Gasteiger partial charge in [0, 0.05) is 30.4 Å². The average Bonchev–Trinajstić information content (AvgIpc) is 3.60. The van der Waals surface area contributed by atoms with E-state index >= 15 is 0 Å². The first kappa shape index (κ1) is 31.8. The summed E-state index contributed by atoms with van der Waals surface area (Å²) in [5.74, 6) is 3.50. The molecule has 0 aliphatic carbocycles. The molecule has 0 bridgehead atoms. The van der Waals surface area contributed by atoms with Gasteiger partial charge >= 0.3 is 0 Å². The molecule has 0 saturated heterocycles. The van der Waals surface area contributed by atoms with Crippen LogP contribution < -0.4 is 11.1 Å². The van der Waals surface area contributed by atoms with Gasteiger partial charge in [-0.3, -0.25) is 0 Å². The third-order valence-electron chi connectivity index (χ3n) is 6.74. The number of aromatic nitrogens is 4. The second-order valence-corrected chi connectivity index (χ2v) is 9.94. The summed E-state index contributed by atoms with van der Waals surface area (Å²) in [5, 5.41) is 3.27. The molecule has 0 aliphatic rings. The van der Waals surface area contributed by atoms with Crippen molar-refractivity contribution >= 4 is 22.6 Å². The van der Waals surface area contributed by atoms with Crippen molar-refractivity contribution in [3.05, 3.63) is 102 Å². The lowest BCUT2D eigenvalue weighted by atomic mass is 10.1. The number of ether oxygens (including phenoxy) is 1. The summed E-state index contributed by atoms with van der Waals surface area (Å²) in [6.07, 6.45) is 10.9. The van der Waals surface area contributed by atoms with Crippen LogP contribution in [0.5, 0.6) is 0 Å². The number of rotatable bonds is 13. The Balaban J connectivity index is 0.00000237. The zero-order chi connectivity index (χ0) is 30.6. The Morgan fingerprint density at radius 1 is 1.10 bits per heavy atom. The number of hydrogen-bond donors (Lipinski definition) is 2. The molecule has 0 atom stereocenters. The Morgan fingerprint density at radius 2 is 1.83 bits per heavy atom. The van der Waals surface area contributed by atoms with Crippen molar-refractivity contribution in [2.24, 2.45) is 10.7 Å². The first-order valence-corrected chi connectivity index (χ1v) is 14.4. The maximum absolute atomic E-state index is 6.27. The van der Waals surface area contributed by atoms with Crippen LogP contribution in [-0.4, -0.2) is 31.5 Å². The van der Waals surface area contributed by atoms with Crippen molar-refractivity contribution in [1.82, 2.24) is 24.4 Å². The van der Waals surface area contributed by atoms with Crippen molar-refractivity contribution in [3.8, 4) is 12.3 Å². The van der Waals surface area contributed by atoms with Crippen LogP contribution in [0.2, 0.25) is 0 Å².